The van der Waals surface area contributed by atoms with E-state index in [0.717, 1.165) is 36.0 Å². The van der Waals surface area contributed by atoms with Gasteiger partial charge in [-0.15, -0.1) is 6.58 Å². The Morgan fingerprint density at radius 1 is 1.11 bits per heavy atom. The zero-order chi connectivity index (χ0) is 19.8. The van der Waals surface area contributed by atoms with Crippen molar-refractivity contribution in [1.82, 2.24) is 4.90 Å². The molecule has 1 nitrogen and oxygen atoms in total. The Labute approximate surface area is 167 Å². The zero-order valence-corrected chi connectivity index (χ0v) is 16.6. The van der Waals surface area contributed by atoms with Crippen molar-refractivity contribution in [3.8, 4) is 0 Å². The van der Waals surface area contributed by atoms with Crippen LogP contribution in [0.1, 0.15) is 55.3 Å². The predicted octanol–water partition coefficient (Wildman–Crippen LogP) is 6.51. The molecule has 1 fully saturated rings. The number of hydrogen-bond donors (Lipinski definition) is 0. The fourth-order valence-electron chi connectivity index (χ4n) is 5.47. The monoisotopic (exact) mass is 381 g/mol. The Hall–Kier alpha value is -2.00. The molecule has 2 aromatic carbocycles. The first-order chi connectivity index (χ1) is 13.6. The lowest BCUT2D eigenvalue weighted by Gasteiger charge is -2.39. The van der Waals surface area contributed by atoms with Crippen LogP contribution in [0.3, 0.4) is 0 Å². The summed E-state index contributed by atoms with van der Waals surface area (Å²) in [6, 6.07) is 17.7. The summed E-state index contributed by atoms with van der Waals surface area (Å²) in [7, 11) is 0. The molecule has 148 valence electrons. The van der Waals surface area contributed by atoms with Crippen molar-refractivity contribution in [2.24, 2.45) is 5.92 Å². The van der Waals surface area contributed by atoms with Crippen molar-refractivity contribution in [3.63, 3.8) is 0 Å². The maximum atomic E-state index is 16.2. The van der Waals surface area contributed by atoms with Gasteiger partial charge in [0.25, 0.3) is 5.92 Å². The normalized spacial score (nSPS) is 28.1. The third kappa shape index (κ3) is 2.75. The van der Waals surface area contributed by atoms with E-state index in [1.54, 1.807) is 6.08 Å². The van der Waals surface area contributed by atoms with Gasteiger partial charge in [-0.1, -0.05) is 80.4 Å². The number of rotatable bonds is 7. The lowest BCUT2D eigenvalue weighted by molar-refractivity contribution is -0.122. The van der Waals surface area contributed by atoms with Gasteiger partial charge in [-0.05, 0) is 36.0 Å². The molecule has 1 saturated heterocycles. The van der Waals surface area contributed by atoms with Gasteiger partial charge in [-0.2, -0.15) is 0 Å². The van der Waals surface area contributed by atoms with E-state index in [9.17, 15) is 0 Å². The van der Waals surface area contributed by atoms with Gasteiger partial charge in [0, 0.05) is 18.5 Å². The molecule has 0 aliphatic carbocycles. The van der Waals surface area contributed by atoms with Gasteiger partial charge in [0.1, 0.15) is 5.54 Å². The van der Waals surface area contributed by atoms with Crippen molar-refractivity contribution >= 4 is 0 Å². The molecule has 4 rings (SSSR count). The minimum Gasteiger partial charge on any atom is -0.281 e. The van der Waals surface area contributed by atoms with Crippen LogP contribution in [0.5, 0.6) is 0 Å². The molecule has 0 aromatic heterocycles. The fourth-order valence-corrected chi connectivity index (χ4v) is 5.47. The summed E-state index contributed by atoms with van der Waals surface area (Å²) in [5.41, 5.74) is 1.64. The van der Waals surface area contributed by atoms with Gasteiger partial charge in [0.15, 0.2) is 0 Å². The molecule has 2 heterocycles. The second-order valence-electron chi connectivity index (χ2n) is 8.26. The maximum Gasteiger partial charge on any atom is 0.274 e. The van der Waals surface area contributed by atoms with E-state index in [-0.39, 0.29) is 12.5 Å². The third-order valence-electron chi connectivity index (χ3n) is 6.71. The van der Waals surface area contributed by atoms with Crippen LogP contribution in [0.2, 0.25) is 0 Å². The van der Waals surface area contributed by atoms with Gasteiger partial charge in [0.2, 0.25) is 0 Å². The number of fused-ring (bicyclic) bond motifs is 3. The Bertz CT molecular complexity index is 831. The highest BCUT2D eigenvalue weighted by Gasteiger charge is 2.70. The predicted molar refractivity (Wildman–Crippen MR) is 110 cm³/mol. The summed E-state index contributed by atoms with van der Waals surface area (Å²) in [6.07, 6.45) is 5.43. The van der Waals surface area contributed by atoms with E-state index in [1.807, 2.05) is 48.5 Å². The van der Waals surface area contributed by atoms with Crippen LogP contribution in [-0.2, 0) is 12.0 Å². The van der Waals surface area contributed by atoms with E-state index >= 15 is 8.78 Å². The summed E-state index contributed by atoms with van der Waals surface area (Å²) < 4.78 is 32.4. The van der Waals surface area contributed by atoms with Crippen LogP contribution >= 0.6 is 0 Å². The minimum absolute atomic E-state index is 0.0720. The summed E-state index contributed by atoms with van der Waals surface area (Å²) >= 11 is 0. The van der Waals surface area contributed by atoms with Crippen LogP contribution in [0.4, 0.5) is 8.78 Å². The number of alkyl halides is 2. The summed E-state index contributed by atoms with van der Waals surface area (Å²) in [4.78, 5) is 2.13. The smallest absolute Gasteiger partial charge is 0.274 e. The molecule has 0 N–H and O–H groups in total. The average Bonchev–Trinajstić information content (AvgIpc) is 3.09. The molecular formula is C25H29F2N. The molecular weight excluding hydrogens is 352 g/mol. The van der Waals surface area contributed by atoms with E-state index in [2.05, 4.69) is 24.5 Å². The number of unbranched alkanes of at least 4 members (excludes halogenated alkanes) is 1. The molecule has 0 radical (unpaired) electrons. The van der Waals surface area contributed by atoms with Gasteiger partial charge < -0.3 is 0 Å². The molecule has 2 aliphatic rings. The highest BCUT2D eigenvalue weighted by Crippen LogP contribution is 2.63. The van der Waals surface area contributed by atoms with E-state index in [1.165, 1.54) is 0 Å². The Kier molecular flexibility index (Phi) is 5.13. The topological polar surface area (TPSA) is 3.24 Å². The first kappa shape index (κ1) is 19.3. The fraction of sp³-hybridized carbons (Fsp3) is 0.440. The molecule has 28 heavy (non-hydrogen) atoms. The second kappa shape index (κ2) is 7.44. The van der Waals surface area contributed by atoms with Crippen LogP contribution in [0.15, 0.2) is 67.3 Å². The Morgan fingerprint density at radius 2 is 1.82 bits per heavy atom. The maximum absolute atomic E-state index is 16.2. The molecule has 0 unspecified atom stereocenters. The van der Waals surface area contributed by atoms with Crippen molar-refractivity contribution in [2.45, 2.75) is 56.5 Å². The molecule has 0 amide bonds. The van der Waals surface area contributed by atoms with Crippen LogP contribution in [-0.4, -0.2) is 17.4 Å². The number of halogens is 2. The second-order valence-corrected chi connectivity index (χ2v) is 8.26. The van der Waals surface area contributed by atoms with Crippen LogP contribution < -0.4 is 0 Å². The molecule has 2 aliphatic heterocycles. The Morgan fingerprint density at radius 3 is 2.54 bits per heavy atom. The number of hydrogen-bond acceptors (Lipinski definition) is 1. The minimum atomic E-state index is -2.81. The quantitative estimate of drug-likeness (QED) is 0.494. The first-order valence-electron chi connectivity index (χ1n) is 10.4. The van der Waals surface area contributed by atoms with Crippen molar-refractivity contribution < 1.29 is 8.78 Å². The van der Waals surface area contributed by atoms with Crippen molar-refractivity contribution in [3.05, 3.63) is 83.9 Å². The molecule has 3 heteroatoms. The summed E-state index contributed by atoms with van der Waals surface area (Å²) in [5.74, 6) is -3.50. The van der Waals surface area contributed by atoms with Gasteiger partial charge >= 0.3 is 0 Å². The first-order valence-corrected chi connectivity index (χ1v) is 10.4. The molecule has 0 spiro atoms. The molecule has 3 atom stereocenters. The standard InChI is InChI=1S/C25H29F2N/c1-3-5-15-23-21-13-9-10-14-22(21)24(16-4-2)25(26,27)20(18-28(23)24)17-19-11-7-6-8-12-19/h4,6-14,20,23H,2-3,5,15-18H2,1H3/t20-,23+,24-/m1/s1. The lowest BCUT2D eigenvalue weighted by atomic mass is 9.77. The lowest BCUT2D eigenvalue weighted by Crippen LogP contribution is -2.49. The van der Waals surface area contributed by atoms with Crippen LogP contribution in [0.25, 0.3) is 0 Å². The van der Waals surface area contributed by atoms with E-state index < -0.39 is 17.4 Å². The average molecular weight is 382 g/mol. The largest absolute Gasteiger partial charge is 0.281 e. The van der Waals surface area contributed by atoms with Crippen molar-refractivity contribution in [1.29, 1.82) is 0 Å². The van der Waals surface area contributed by atoms with E-state index in [0.29, 0.717) is 13.0 Å². The van der Waals surface area contributed by atoms with Gasteiger partial charge in [-0.3, -0.25) is 4.90 Å². The van der Waals surface area contributed by atoms with Crippen molar-refractivity contribution in [2.75, 3.05) is 6.54 Å². The summed E-state index contributed by atoms with van der Waals surface area (Å²) in [5, 5.41) is 0. The Balaban J connectivity index is 1.79. The third-order valence-corrected chi connectivity index (χ3v) is 6.71. The number of benzene rings is 2. The van der Waals surface area contributed by atoms with Gasteiger partial charge in [0.05, 0.1) is 0 Å². The molecule has 0 bridgehead atoms. The van der Waals surface area contributed by atoms with E-state index in [4.69, 9.17) is 0 Å². The highest BCUT2D eigenvalue weighted by molar-refractivity contribution is 5.46. The SMILES string of the molecule is C=CC[C@]12c3ccccc3[C@H](CCCC)N1C[C@@H](Cc1ccccc1)C2(F)F. The molecule has 2 aromatic rings. The highest BCUT2D eigenvalue weighted by atomic mass is 19.3. The van der Waals surface area contributed by atoms with Crippen LogP contribution in [0, 0.1) is 5.92 Å². The number of nitrogens with zero attached hydrogens (tertiary/aromatic N) is 1. The van der Waals surface area contributed by atoms with Gasteiger partial charge in [-0.25, -0.2) is 8.78 Å². The summed E-state index contributed by atoms with van der Waals surface area (Å²) in [6.45, 7) is 6.44. The molecule has 0 saturated carbocycles. The zero-order valence-electron chi connectivity index (χ0n) is 16.6.